The van der Waals surface area contributed by atoms with Gasteiger partial charge in [0.1, 0.15) is 0 Å². The molecule has 0 saturated carbocycles. The number of hydrogen-bond acceptors (Lipinski definition) is 8. The Morgan fingerprint density at radius 2 is 1.15 bits per heavy atom. The van der Waals surface area contributed by atoms with Crippen LogP contribution in [0.1, 0.15) is 39.5 Å². The van der Waals surface area contributed by atoms with Crippen LogP contribution in [0.3, 0.4) is 0 Å². The molecule has 0 saturated heterocycles. The molecule has 0 amide bonds. The van der Waals surface area contributed by atoms with Crippen molar-refractivity contribution in [1.29, 1.82) is 0 Å². The highest BCUT2D eigenvalue weighted by Crippen LogP contribution is 2.07. The highest BCUT2D eigenvalue weighted by Gasteiger charge is 2.19. The van der Waals surface area contributed by atoms with Crippen molar-refractivity contribution in [1.82, 2.24) is 0 Å². The van der Waals surface area contributed by atoms with Gasteiger partial charge in [-0.15, -0.1) is 0 Å². The molecule has 0 fully saturated rings. The van der Waals surface area contributed by atoms with Gasteiger partial charge in [-0.3, -0.25) is 0 Å². The Kier molecular flexibility index (Phi) is 10.4. The summed E-state index contributed by atoms with van der Waals surface area (Å²) in [6.45, 7) is 3.79. The Morgan fingerprint density at radius 1 is 0.800 bits per heavy atom. The predicted molar refractivity (Wildman–Crippen MR) is 66.5 cm³/mol. The Balaban J connectivity index is 3.95. The Bertz CT molecular complexity index is 253. The summed E-state index contributed by atoms with van der Waals surface area (Å²) in [6.07, 6.45) is -1.38. The zero-order valence-corrected chi connectivity index (χ0v) is 12.2. The lowest BCUT2D eigenvalue weighted by molar-refractivity contribution is -0.246. The quantitative estimate of drug-likeness (QED) is 0.292. The largest absolute Gasteiger partial charge is 0.552 e. The van der Waals surface area contributed by atoms with E-state index < -0.39 is 24.9 Å². The molecule has 8 heteroatoms. The maximum atomic E-state index is 11.2. The maximum Gasteiger partial charge on any atom is 0.552 e. The van der Waals surface area contributed by atoms with E-state index in [4.69, 9.17) is 18.9 Å². The molecular weight excluding hydrogens is 272 g/mol. The lowest BCUT2D eigenvalue weighted by atomic mass is 10.3. The van der Waals surface area contributed by atoms with Crippen molar-refractivity contribution in [3.63, 3.8) is 0 Å². The van der Waals surface area contributed by atoms with Gasteiger partial charge in [0.15, 0.2) is 0 Å². The van der Waals surface area contributed by atoms with Crippen molar-refractivity contribution < 1.29 is 38.3 Å². The summed E-state index contributed by atoms with van der Waals surface area (Å²) in [6, 6.07) is 0. The third kappa shape index (κ3) is 8.54. The molecular formula is C12H22O8. The molecule has 8 nitrogen and oxygen atoms in total. The number of ether oxygens (including phenoxy) is 4. The normalized spacial score (nSPS) is 13.2. The zero-order chi connectivity index (χ0) is 15.4. The molecule has 0 rings (SSSR count). The van der Waals surface area contributed by atoms with E-state index in [1.54, 1.807) is 0 Å². The van der Waals surface area contributed by atoms with Gasteiger partial charge in [0.25, 0.3) is 0 Å². The van der Waals surface area contributed by atoms with Gasteiger partial charge in [0.05, 0.1) is 0 Å². The summed E-state index contributed by atoms with van der Waals surface area (Å²) in [5.41, 5.74) is 0. The molecule has 0 aromatic rings. The van der Waals surface area contributed by atoms with Crippen LogP contribution in [0.15, 0.2) is 0 Å². The van der Waals surface area contributed by atoms with Gasteiger partial charge < -0.3 is 18.9 Å². The molecule has 0 bridgehead atoms. The molecule has 0 N–H and O–H groups in total. The van der Waals surface area contributed by atoms with Crippen LogP contribution in [0.25, 0.3) is 0 Å². The van der Waals surface area contributed by atoms with Crippen LogP contribution in [-0.4, -0.2) is 39.1 Å². The summed E-state index contributed by atoms with van der Waals surface area (Å²) in [4.78, 5) is 30.6. The topological polar surface area (TPSA) is 89.5 Å². The first kappa shape index (κ1) is 18.5. The van der Waals surface area contributed by atoms with Crippen LogP contribution in [0.5, 0.6) is 0 Å². The number of carbonyl (C=O) groups excluding carboxylic acids is 2. The minimum Gasteiger partial charge on any atom is -0.402 e. The van der Waals surface area contributed by atoms with Crippen LogP contribution >= 0.6 is 0 Å². The van der Waals surface area contributed by atoms with E-state index in [0.717, 1.165) is 12.8 Å². The molecule has 0 aliphatic rings. The molecule has 0 radical (unpaired) electrons. The fraction of sp³-hybridized carbons (Fsp3) is 0.833. The van der Waals surface area contributed by atoms with E-state index in [1.165, 1.54) is 14.2 Å². The lowest BCUT2D eigenvalue weighted by Crippen LogP contribution is -2.24. The van der Waals surface area contributed by atoms with Crippen LogP contribution in [0.4, 0.5) is 9.59 Å². The average molecular weight is 294 g/mol. The summed E-state index contributed by atoms with van der Waals surface area (Å²) in [5.74, 6) is 0. The fourth-order valence-corrected chi connectivity index (χ4v) is 1.24. The van der Waals surface area contributed by atoms with Gasteiger partial charge in [0.2, 0.25) is 12.6 Å². The van der Waals surface area contributed by atoms with Crippen molar-refractivity contribution in [2.45, 2.75) is 52.1 Å². The van der Waals surface area contributed by atoms with Crippen molar-refractivity contribution in [3.8, 4) is 0 Å². The first-order chi connectivity index (χ1) is 9.57. The Hall–Kier alpha value is -1.54. The molecule has 2 unspecified atom stereocenters. The lowest BCUT2D eigenvalue weighted by Gasteiger charge is -2.15. The molecule has 0 aromatic carbocycles. The first-order valence-corrected chi connectivity index (χ1v) is 6.38. The standard InChI is InChI=1S/C12H22O8/c1-5-7-9(15-3)17-11(13)19-20-12(14)18-10(16-4)8-6-2/h9-10H,5-8H2,1-4H3. The van der Waals surface area contributed by atoms with Crippen molar-refractivity contribution in [2.75, 3.05) is 14.2 Å². The second-order valence-corrected chi connectivity index (χ2v) is 3.81. The molecule has 118 valence electrons. The van der Waals surface area contributed by atoms with E-state index in [-0.39, 0.29) is 0 Å². The predicted octanol–water partition coefficient (Wildman–Crippen LogP) is 2.75. The average Bonchev–Trinajstić information content (AvgIpc) is 2.44. The van der Waals surface area contributed by atoms with E-state index in [1.807, 2.05) is 13.8 Å². The molecule has 0 aromatic heterocycles. The van der Waals surface area contributed by atoms with Crippen molar-refractivity contribution in [3.05, 3.63) is 0 Å². The van der Waals surface area contributed by atoms with Crippen LogP contribution in [-0.2, 0) is 28.7 Å². The SMILES string of the molecule is CCCC(OC)OC(=O)OOC(=O)OC(CCC)OC. The van der Waals surface area contributed by atoms with Gasteiger partial charge in [-0.25, -0.2) is 0 Å². The zero-order valence-electron chi connectivity index (χ0n) is 12.2. The summed E-state index contributed by atoms with van der Waals surface area (Å²) in [7, 11) is 2.77. The van der Waals surface area contributed by atoms with Gasteiger partial charge >= 0.3 is 12.3 Å². The summed E-state index contributed by atoms with van der Waals surface area (Å²) < 4.78 is 19.2. The van der Waals surface area contributed by atoms with Crippen molar-refractivity contribution in [2.24, 2.45) is 0 Å². The third-order valence-electron chi connectivity index (χ3n) is 2.21. The van der Waals surface area contributed by atoms with E-state index in [0.29, 0.717) is 12.8 Å². The molecule has 20 heavy (non-hydrogen) atoms. The molecule has 0 aliphatic carbocycles. The number of hydrogen-bond donors (Lipinski definition) is 0. The summed E-state index contributed by atoms with van der Waals surface area (Å²) in [5, 5.41) is 0. The number of carbonyl (C=O) groups is 2. The van der Waals surface area contributed by atoms with E-state index in [2.05, 4.69) is 9.78 Å². The van der Waals surface area contributed by atoms with Crippen LogP contribution in [0, 0.1) is 0 Å². The molecule has 0 spiro atoms. The van der Waals surface area contributed by atoms with Gasteiger partial charge in [-0.1, -0.05) is 26.7 Å². The van der Waals surface area contributed by atoms with Crippen LogP contribution < -0.4 is 0 Å². The highest BCUT2D eigenvalue weighted by atomic mass is 17.3. The summed E-state index contributed by atoms with van der Waals surface area (Å²) >= 11 is 0. The molecule has 0 aliphatic heterocycles. The number of rotatable bonds is 8. The second-order valence-electron chi connectivity index (χ2n) is 3.81. The smallest absolute Gasteiger partial charge is 0.402 e. The number of methoxy groups -OCH3 is 2. The van der Waals surface area contributed by atoms with E-state index in [9.17, 15) is 9.59 Å². The van der Waals surface area contributed by atoms with Gasteiger partial charge in [0, 0.05) is 27.1 Å². The third-order valence-corrected chi connectivity index (χ3v) is 2.21. The van der Waals surface area contributed by atoms with Crippen molar-refractivity contribution >= 4 is 12.3 Å². The van der Waals surface area contributed by atoms with Gasteiger partial charge in [-0.05, 0) is 0 Å². The monoisotopic (exact) mass is 294 g/mol. The molecule has 0 heterocycles. The van der Waals surface area contributed by atoms with Crippen LogP contribution in [0.2, 0.25) is 0 Å². The fourth-order valence-electron chi connectivity index (χ4n) is 1.24. The van der Waals surface area contributed by atoms with E-state index >= 15 is 0 Å². The highest BCUT2D eigenvalue weighted by molar-refractivity contribution is 5.63. The maximum absolute atomic E-state index is 11.2. The Labute approximate surface area is 118 Å². The minimum absolute atomic E-state index is 0.498. The van der Waals surface area contributed by atoms with Gasteiger partial charge in [-0.2, -0.15) is 19.4 Å². The molecule has 2 atom stereocenters. The first-order valence-electron chi connectivity index (χ1n) is 6.38. The second kappa shape index (κ2) is 11.3. The Morgan fingerprint density at radius 3 is 1.40 bits per heavy atom. The minimum atomic E-state index is -1.19.